The molecule has 1 fully saturated rings. The van der Waals surface area contributed by atoms with Crippen molar-refractivity contribution in [3.8, 4) is 22.9 Å². The van der Waals surface area contributed by atoms with Crippen molar-refractivity contribution in [2.24, 2.45) is 0 Å². The van der Waals surface area contributed by atoms with E-state index >= 15 is 0 Å². The minimum Gasteiger partial charge on any atom is -0.486 e. The SMILES string of the molecule is Cc1cccc(-c2cc(C#N)ccc2OC2CN(C(=O)OC(C)(C)C)C2)c1. The van der Waals surface area contributed by atoms with Gasteiger partial charge in [0.2, 0.25) is 0 Å². The first-order valence-corrected chi connectivity index (χ1v) is 9.01. The van der Waals surface area contributed by atoms with Crippen molar-refractivity contribution in [3.63, 3.8) is 0 Å². The van der Waals surface area contributed by atoms with Crippen molar-refractivity contribution in [3.05, 3.63) is 53.6 Å². The third-order valence-electron chi connectivity index (χ3n) is 4.23. The number of likely N-dealkylation sites (tertiary alicyclic amines) is 1. The Hall–Kier alpha value is -3.00. The van der Waals surface area contributed by atoms with Crippen LogP contribution in [0.2, 0.25) is 0 Å². The molecule has 27 heavy (non-hydrogen) atoms. The van der Waals surface area contributed by atoms with Crippen molar-refractivity contribution >= 4 is 6.09 Å². The summed E-state index contributed by atoms with van der Waals surface area (Å²) < 4.78 is 11.5. The molecule has 1 saturated heterocycles. The van der Waals surface area contributed by atoms with Gasteiger partial charge in [0.1, 0.15) is 17.5 Å². The number of nitriles is 1. The fourth-order valence-corrected chi connectivity index (χ4v) is 2.91. The number of rotatable bonds is 3. The molecule has 2 aromatic rings. The number of hydrogen-bond acceptors (Lipinski definition) is 4. The van der Waals surface area contributed by atoms with Gasteiger partial charge in [0.15, 0.2) is 0 Å². The van der Waals surface area contributed by atoms with Crippen LogP contribution in [-0.2, 0) is 4.74 Å². The summed E-state index contributed by atoms with van der Waals surface area (Å²) in [4.78, 5) is 13.7. The third kappa shape index (κ3) is 4.59. The molecule has 1 aliphatic heterocycles. The Kier molecular flexibility index (Phi) is 5.09. The monoisotopic (exact) mass is 364 g/mol. The van der Waals surface area contributed by atoms with E-state index in [9.17, 15) is 10.1 Å². The lowest BCUT2D eigenvalue weighted by Gasteiger charge is -2.39. The fraction of sp³-hybridized carbons (Fsp3) is 0.364. The van der Waals surface area contributed by atoms with Gasteiger partial charge in [-0.2, -0.15) is 5.26 Å². The van der Waals surface area contributed by atoms with Crippen LogP contribution in [0.3, 0.4) is 0 Å². The topological polar surface area (TPSA) is 62.6 Å². The molecule has 0 aliphatic carbocycles. The normalized spacial score (nSPS) is 14.3. The number of benzene rings is 2. The van der Waals surface area contributed by atoms with Gasteiger partial charge in [0.05, 0.1) is 24.7 Å². The second-order valence-corrected chi connectivity index (χ2v) is 7.82. The van der Waals surface area contributed by atoms with Gasteiger partial charge in [0, 0.05) is 5.56 Å². The molecule has 1 aliphatic rings. The highest BCUT2D eigenvalue weighted by molar-refractivity contribution is 5.73. The van der Waals surface area contributed by atoms with Crippen molar-refractivity contribution in [1.82, 2.24) is 4.90 Å². The zero-order valence-electron chi connectivity index (χ0n) is 16.2. The van der Waals surface area contributed by atoms with Crippen molar-refractivity contribution < 1.29 is 14.3 Å². The Morgan fingerprint density at radius 3 is 2.56 bits per heavy atom. The summed E-state index contributed by atoms with van der Waals surface area (Å²) in [5, 5.41) is 9.23. The van der Waals surface area contributed by atoms with Crippen LogP contribution in [0.1, 0.15) is 31.9 Å². The van der Waals surface area contributed by atoms with Gasteiger partial charge < -0.3 is 14.4 Å². The van der Waals surface area contributed by atoms with Gasteiger partial charge in [-0.3, -0.25) is 0 Å². The van der Waals surface area contributed by atoms with Crippen LogP contribution in [0.4, 0.5) is 4.79 Å². The molecular formula is C22H24N2O3. The summed E-state index contributed by atoms with van der Waals surface area (Å²) >= 11 is 0. The minimum atomic E-state index is -0.505. The number of amides is 1. The number of nitrogens with zero attached hydrogens (tertiary/aromatic N) is 2. The van der Waals surface area contributed by atoms with Crippen molar-refractivity contribution in [1.29, 1.82) is 5.26 Å². The van der Waals surface area contributed by atoms with Gasteiger partial charge in [-0.15, -0.1) is 0 Å². The highest BCUT2D eigenvalue weighted by atomic mass is 16.6. The molecule has 0 bridgehead atoms. The second kappa shape index (κ2) is 7.32. The maximum Gasteiger partial charge on any atom is 0.410 e. The van der Waals surface area contributed by atoms with E-state index in [-0.39, 0.29) is 12.2 Å². The molecule has 5 heteroatoms. The van der Waals surface area contributed by atoms with E-state index in [4.69, 9.17) is 9.47 Å². The van der Waals surface area contributed by atoms with E-state index < -0.39 is 5.60 Å². The Morgan fingerprint density at radius 2 is 1.93 bits per heavy atom. The molecule has 0 aromatic heterocycles. The van der Waals surface area contributed by atoms with Gasteiger partial charge in [0.25, 0.3) is 0 Å². The molecular weight excluding hydrogens is 340 g/mol. The summed E-state index contributed by atoms with van der Waals surface area (Å²) in [6.07, 6.45) is -0.407. The molecule has 0 radical (unpaired) electrons. The van der Waals surface area contributed by atoms with Gasteiger partial charge in [-0.1, -0.05) is 29.8 Å². The van der Waals surface area contributed by atoms with E-state index in [1.165, 1.54) is 0 Å². The van der Waals surface area contributed by atoms with E-state index in [1.807, 2.05) is 58.0 Å². The number of carbonyl (C=O) groups is 1. The van der Waals surface area contributed by atoms with Crippen LogP contribution in [0.5, 0.6) is 5.75 Å². The van der Waals surface area contributed by atoms with E-state index in [0.717, 1.165) is 16.7 Å². The molecule has 3 rings (SSSR count). The molecule has 140 valence electrons. The number of ether oxygens (including phenoxy) is 2. The minimum absolute atomic E-state index is 0.0889. The Bertz CT molecular complexity index is 887. The first kappa shape index (κ1) is 18.8. The summed E-state index contributed by atoms with van der Waals surface area (Å²) in [6, 6.07) is 15.7. The van der Waals surface area contributed by atoms with E-state index in [2.05, 4.69) is 12.1 Å². The van der Waals surface area contributed by atoms with Crippen LogP contribution in [0.25, 0.3) is 11.1 Å². The zero-order valence-corrected chi connectivity index (χ0v) is 16.2. The van der Waals surface area contributed by atoms with Crippen LogP contribution < -0.4 is 4.74 Å². The quantitative estimate of drug-likeness (QED) is 0.803. The highest BCUT2D eigenvalue weighted by Crippen LogP contribution is 2.33. The van der Waals surface area contributed by atoms with Crippen LogP contribution in [0, 0.1) is 18.3 Å². The first-order valence-electron chi connectivity index (χ1n) is 9.01. The molecule has 0 saturated carbocycles. The lowest BCUT2D eigenvalue weighted by molar-refractivity contribution is -0.0220. The average Bonchev–Trinajstić information content (AvgIpc) is 2.56. The first-order chi connectivity index (χ1) is 12.7. The van der Waals surface area contributed by atoms with Crippen LogP contribution in [0.15, 0.2) is 42.5 Å². The average molecular weight is 364 g/mol. The molecule has 0 atom stereocenters. The lowest BCUT2D eigenvalue weighted by atomic mass is 10.0. The van der Waals surface area contributed by atoms with E-state index in [0.29, 0.717) is 24.4 Å². The second-order valence-electron chi connectivity index (χ2n) is 7.82. The largest absolute Gasteiger partial charge is 0.486 e. The maximum absolute atomic E-state index is 12.1. The number of carbonyl (C=O) groups excluding carboxylic acids is 1. The highest BCUT2D eigenvalue weighted by Gasteiger charge is 2.35. The molecule has 0 unspecified atom stereocenters. The Morgan fingerprint density at radius 1 is 1.19 bits per heavy atom. The lowest BCUT2D eigenvalue weighted by Crippen LogP contribution is -2.57. The Labute approximate surface area is 160 Å². The number of hydrogen-bond donors (Lipinski definition) is 0. The van der Waals surface area contributed by atoms with Gasteiger partial charge in [-0.25, -0.2) is 4.79 Å². The van der Waals surface area contributed by atoms with Gasteiger partial charge >= 0.3 is 6.09 Å². The van der Waals surface area contributed by atoms with Crippen LogP contribution >= 0.6 is 0 Å². The zero-order chi connectivity index (χ0) is 19.6. The molecule has 0 spiro atoms. The molecule has 2 aromatic carbocycles. The predicted molar refractivity (Wildman–Crippen MR) is 104 cm³/mol. The number of aryl methyl sites for hydroxylation is 1. The fourth-order valence-electron chi connectivity index (χ4n) is 2.91. The molecule has 1 amide bonds. The smallest absolute Gasteiger partial charge is 0.410 e. The molecule has 5 nitrogen and oxygen atoms in total. The maximum atomic E-state index is 12.1. The molecule has 0 N–H and O–H groups in total. The third-order valence-corrected chi connectivity index (χ3v) is 4.23. The van der Waals surface area contributed by atoms with Crippen LogP contribution in [-0.4, -0.2) is 35.8 Å². The van der Waals surface area contributed by atoms with E-state index in [1.54, 1.807) is 11.0 Å². The van der Waals surface area contributed by atoms with Crippen molar-refractivity contribution in [2.45, 2.75) is 39.4 Å². The standard InChI is InChI=1S/C22H24N2O3/c1-15-6-5-7-17(10-15)19-11-16(12-23)8-9-20(19)26-18-13-24(14-18)21(25)27-22(2,3)4/h5-11,18H,13-14H2,1-4H3. The Balaban J connectivity index is 1.73. The summed E-state index contributed by atoms with van der Waals surface area (Å²) in [7, 11) is 0. The summed E-state index contributed by atoms with van der Waals surface area (Å²) in [6.45, 7) is 8.56. The van der Waals surface area contributed by atoms with Gasteiger partial charge in [-0.05, 0) is 51.5 Å². The molecule has 1 heterocycles. The van der Waals surface area contributed by atoms with Crippen molar-refractivity contribution in [2.75, 3.05) is 13.1 Å². The summed E-state index contributed by atoms with van der Waals surface area (Å²) in [5.41, 5.74) is 3.11. The predicted octanol–water partition coefficient (Wildman–Crippen LogP) is 4.53. The summed E-state index contributed by atoms with van der Waals surface area (Å²) in [5.74, 6) is 0.716.